The fraction of sp³-hybridized carbons (Fsp3) is 0.769. The van der Waals surface area contributed by atoms with Crippen molar-refractivity contribution in [2.24, 2.45) is 11.3 Å². The normalized spacial score (nSPS) is 20.8. The zero-order chi connectivity index (χ0) is 12.0. The molecule has 1 amide bonds. The maximum absolute atomic E-state index is 11.9. The van der Waals surface area contributed by atoms with Gasteiger partial charge in [-0.15, -0.1) is 0 Å². The van der Waals surface area contributed by atoms with Gasteiger partial charge in [-0.25, -0.2) is 0 Å². The molecular formula is C13H23NO2. The third kappa shape index (κ3) is 4.35. The van der Waals surface area contributed by atoms with Crippen molar-refractivity contribution < 1.29 is 9.53 Å². The Balaban J connectivity index is 2.31. The first-order chi connectivity index (χ1) is 7.55. The molecule has 0 spiro atoms. The third-order valence-corrected chi connectivity index (χ3v) is 2.92. The highest BCUT2D eigenvalue weighted by atomic mass is 16.5. The number of methoxy groups -OCH3 is 1. The Hall–Kier alpha value is -0.830. The van der Waals surface area contributed by atoms with Crippen LogP contribution in [-0.2, 0) is 9.53 Å². The van der Waals surface area contributed by atoms with Crippen molar-refractivity contribution in [2.45, 2.75) is 33.1 Å². The Labute approximate surface area is 98.2 Å². The van der Waals surface area contributed by atoms with Gasteiger partial charge < -0.3 is 10.1 Å². The number of carbonyl (C=O) groups is 1. The Bertz CT molecular complexity index is 259. The van der Waals surface area contributed by atoms with Crippen LogP contribution in [0.25, 0.3) is 0 Å². The van der Waals surface area contributed by atoms with Crippen molar-refractivity contribution in [3.05, 3.63) is 12.2 Å². The van der Waals surface area contributed by atoms with Crippen LogP contribution < -0.4 is 5.32 Å². The van der Waals surface area contributed by atoms with E-state index in [1.54, 1.807) is 7.11 Å². The summed E-state index contributed by atoms with van der Waals surface area (Å²) in [7, 11) is 1.69. The maximum atomic E-state index is 11.9. The average molecular weight is 225 g/mol. The molecular weight excluding hydrogens is 202 g/mol. The molecule has 1 N–H and O–H groups in total. The van der Waals surface area contributed by atoms with Crippen LogP contribution in [0, 0.1) is 11.3 Å². The summed E-state index contributed by atoms with van der Waals surface area (Å²) in [5.74, 6) is 0.358. The molecule has 0 aromatic carbocycles. The zero-order valence-corrected chi connectivity index (χ0v) is 10.6. The molecule has 0 aromatic heterocycles. The second-order valence-corrected chi connectivity index (χ2v) is 5.30. The van der Waals surface area contributed by atoms with Crippen molar-refractivity contribution in [1.29, 1.82) is 0 Å². The van der Waals surface area contributed by atoms with Crippen molar-refractivity contribution in [2.75, 3.05) is 20.3 Å². The molecule has 3 heteroatoms. The molecule has 0 fully saturated rings. The van der Waals surface area contributed by atoms with Gasteiger partial charge in [0, 0.05) is 25.0 Å². The van der Waals surface area contributed by atoms with Crippen molar-refractivity contribution >= 4 is 5.91 Å². The van der Waals surface area contributed by atoms with Gasteiger partial charge in [-0.2, -0.15) is 0 Å². The number of allylic oxidation sites excluding steroid dienone is 2. The molecule has 92 valence electrons. The highest BCUT2D eigenvalue weighted by Crippen LogP contribution is 2.19. The number of rotatable bonds is 5. The van der Waals surface area contributed by atoms with Crippen LogP contribution in [0.3, 0.4) is 0 Å². The average Bonchev–Trinajstić information content (AvgIpc) is 2.27. The molecule has 0 saturated carbocycles. The molecule has 0 unspecified atom stereocenters. The number of hydrogen-bond acceptors (Lipinski definition) is 2. The van der Waals surface area contributed by atoms with Gasteiger partial charge >= 0.3 is 0 Å². The van der Waals surface area contributed by atoms with Crippen LogP contribution in [0.2, 0.25) is 0 Å². The van der Waals surface area contributed by atoms with E-state index in [-0.39, 0.29) is 17.2 Å². The molecule has 0 aliphatic heterocycles. The minimum absolute atomic E-state index is 0.00885. The standard InChI is InChI=1S/C13H23NO2/c1-13(2,10-16-3)9-14-12(15)11-7-5-4-6-8-11/h4-5,11H,6-10H2,1-3H3,(H,14,15)/t11-/m1/s1. The molecule has 1 rings (SSSR count). The molecule has 0 heterocycles. The zero-order valence-electron chi connectivity index (χ0n) is 10.6. The van der Waals surface area contributed by atoms with Gasteiger partial charge in [0.05, 0.1) is 6.61 Å². The predicted octanol–water partition coefficient (Wildman–Crippen LogP) is 2.13. The second-order valence-electron chi connectivity index (χ2n) is 5.30. The lowest BCUT2D eigenvalue weighted by atomic mass is 9.91. The molecule has 0 radical (unpaired) electrons. The van der Waals surface area contributed by atoms with E-state index in [0.29, 0.717) is 13.2 Å². The third-order valence-electron chi connectivity index (χ3n) is 2.92. The first-order valence-corrected chi connectivity index (χ1v) is 5.97. The molecule has 0 saturated heterocycles. The Morgan fingerprint density at radius 1 is 1.50 bits per heavy atom. The van der Waals surface area contributed by atoms with Gasteiger partial charge in [0.15, 0.2) is 0 Å². The van der Waals surface area contributed by atoms with E-state index in [2.05, 4.69) is 31.3 Å². The Morgan fingerprint density at radius 3 is 2.81 bits per heavy atom. The topological polar surface area (TPSA) is 38.3 Å². The lowest BCUT2D eigenvalue weighted by Gasteiger charge is -2.25. The fourth-order valence-electron chi connectivity index (χ4n) is 1.94. The molecule has 0 bridgehead atoms. The minimum atomic E-state index is 0.00885. The van der Waals surface area contributed by atoms with Gasteiger partial charge in [-0.05, 0) is 19.3 Å². The van der Waals surface area contributed by atoms with Crippen molar-refractivity contribution in [3.8, 4) is 0 Å². The maximum Gasteiger partial charge on any atom is 0.223 e. The molecule has 1 aliphatic carbocycles. The van der Waals surface area contributed by atoms with Gasteiger partial charge in [0.2, 0.25) is 5.91 Å². The van der Waals surface area contributed by atoms with E-state index >= 15 is 0 Å². The molecule has 3 nitrogen and oxygen atoms in total. The molecule has 16 heavy (non-hydrogen) atoms. The van der Waals surface area contributed by atoms with Crippen LogP contribution in [0.1, 0.15) is 33.1 Å². The quantitative estimate of drug-likeness (QED) is 0.728. The van der Waals surface area contributed by atoms with Gasteiger partial charge in [0.1, 0.15) is 0 Å². The van der Waals surface area contributed by atoms with Gasteiger partial charge in [-0.3, -0.25) is 4.79 Å². The number of nitrogens with one attached hydrogen (secondary N) is 1. The summed E-state index contributed by atoms with van der Waals surface area (Å²) >= 11 is 0. The largest absolute Gasteiger partial charge is 0.384 e. The lowest BCUT2D eigenvalue weighted by molar-refractivity contribution is -0.125. The summed E-state index contributed by atoms with van der Waals surface area (Å²) in [4.78, 5) is 11.9. The molecule has 1 atom stereocenters. The van der Waals surface area contributed by atoms with Crippen molar-refractivity contribution in [1.82, 2.24) is 5.32 Å². The number of hydrogen-bond donors (Lipinski definition) is 1. The summed E-state index contributed by atoms with van der Waals surface area (Å²) in [6.07, 6.45) is 7.15. The van der Waals surface area contributed by atoms with E-state index < -0.39 is 0 Å². The number of carbonyl (C=O) groups excluding carboxylic acids is 1. The minimum Gasteiger partial charge on any atom is -0.384 e. The predicted molar refractivity (Wildman–Crippen MR) is 65.1 cm³/mol. The number of ether oxygens (including phenoxy) is 1. The second kappa shape index (κ2) is 6.04. The van der Waals surface area contributed by atoms with Crippen LogP contribution in [0.5, 0.6) is 0 Å². The van der Waals surface area contributed by atoms with Crippen LogP contribution >= 0.6 is 0 Å². The first kappa shape index (κ1) is 13.2. The van der Waals surface area contributed by atoms with E-state index in [1.807, 2.05) is 0 Å². The van der Waals surface area contributed by atoms with E-state index in [1.165, 1.54) is 0 Å². The van der Waals surface area contributed by atoms with Crippen LogP contribution in [-0.4, -0.2) is 26.2 Å². The molecule has 0 aromatic rings. The summed E-state index contributed by atoms with van der Waals surface area (Å²) in [6, 6.07) is 0. The van der Waals surface area contributed by atoms with Gasteiger partial charge in [-0.1, -0.05) is 26.0 Å². The summed E-state index contributed by atoms with van der Waals surface area (Å²) in [5, 5.41) is 3.02. The molecule has 1 aliphatic rings. The highest BCUT2D eigenvalue weighted by molar-refractivity contribution is 5.79. The summed E-state index contributed by atoms with van der Waals surface area (Å²) < 4.78 is 5.12. The van der Waals surface area contributed by atoms with E-state index in [0.717, 1.165) is 19.3 Å². The first-order valence-electron chi connectivity index (χ1n) is 5.97. The Morgan fingerprint density at radius 2 is 2.25 bits per heavy atom. The fourth-order valence-corrected chi connectivity index (χ4v) is 1.94. The lowest BCUT2D eigenvalue weighted by Crippen LogP contribution is -2.39. The summed E-state index contributed by atoms with van der Waals surface area (Å²) in [6.45, 7) is 5.53. The van der Waals surface area contributed by atoms with Crippen molar-refractivity contribution in [3.63, 3.8) is 0 Å². The monoisotopic (exact) mass is 225 g/mol. The van der Waals surface area contributed by atoms with E-state index in [4.69, 9.17) is 4.74 Å². The van der Waals surface area contributed by atoms with Gasteiger partial charge in [0.25, 0.3) is 0 Å². The van der Waals surface area contributed by atoms with E-state index in [9.17, 15) is 4.79 Å². The van der Waals surface area contributed by atoms with Crippen LogP contribution in [0.15, 0.2) is 12.2 Å². The summed E-state index contributed by atoms with van der Waals surface area (Å²) in [5.41, 5.74) is 0.00885. The number of amides is 1. The van der Waals surface area contributed by atoms with Crippen LogP contribution in [0.4, 0.5) is 0 Å². The SMILES string of the molecule is COCC(C)(C)CNC(=O)[C@@H]1CC=CCC1. The highest BCUT2D eigenvalue weighted by Gasteiger charge is 2.22. The smallest absolute Gasteiger partial charge is 0.223 e. The Kier molecular flexibility index (Phi) is 5.00.